The van der Waals surface area contributed by atoms with E-state index in [1.54, 1.807) is 6.92 Å². The first-order valence-electron chi connectivity index (χ1n) is 6.78. The molecule has 114 valence electrons. The van der Waals surface area contributed by atoms with E-state index in [9.17, 15) is 4.79 Å². The van der Waals surface area contributed by atoms with Gasteiger partial charge in [-0.15, -0.1) is 0 Å². The van der Waals surface area contributed by atoms with Gasteiger partial charge < -0.3 is 15.6 Å². The average Bonchev–Trinajstić information content (AvgIpc) is 2.51. The molecule has 0 spiro atoms. The number of hydrogen-bond acceptors (Lipinski definition) is 5. The molecule has 0 heterocycles. The van der Waals surface area contributed by atoms with Crippen molar-refractivity contribution in [1.29, 1.82) is 0 Å². The maximum atomic E-state index is 11.8. The van der Waals surface area contributed by atoms with Gasteiger partial charge in [-0.05, 0) is 25.3 Å². The van der Waals surface area contributed by atoms with Gasteiger partial charge in [-0.25, -0.2) is 4.79 Å². The number of hydrogen-bond donors (Lipinski definition) is 2. The summed E-state index contributed by atoms with van der Waals surface area (Å²) in [7, 11) is 0. The van der Waals surface area contributed by atoms with Gasteiger partial charge in [0.25, 0.3) is 0 Å². The molecule has 0 aliphatic carbocycles. The molecular formula is C16H21NO3S. The lowest BCUT2D eigenvalue weighted by molar-refractivity contribution is -0.138. The summed E-state index contributed by atoms with van der Waals surface area (Å²) in [6.45, 7) is 6.06. The fraction of sp³-hybridized carbons (Fsp3) is 0.312. The van der Waals surface area contributed by atoms with Crippen LogP contribution in [-0.2, 0) is 9.53 Å². The normalized spacial score (nSPS) is 11.7. The van der Waals surface area contributed by atoms with Crippen molar-refractivity contribution >= 4 is 22.6 Å². The summed E-state index contributed by atoms with van der Waals surface area (Å²) in [5, 5.41) is 8.98. The molecule has 0 amide bonds. The van der Waals surface area contributed by atoms with Gasteiger partial charge >= 0.3 is 5.97 Å². The van der Waals surface area contributed by atoms with Crippen molar-refractivity contribution < 1.29 is 14.6 Å². The van der Waals surface area contributed by atoms with Gasteiger partial charge in [0.1, 0.15) is 5.70 Å². The number of nitrogens with two attached hydrogens (primary N) is 1. The van der Waals surface area contributed by atoms with Crippen LogP contribution in [0.15, 0.2) is 47.5 Å². The Balaban J connectivity index is 2.90. The van der Waals surface area contributed by atoms with Crippen LogP contribution in [0.4, 0.5) is 0 Å². The molecule has 1 aromatic rings. The summed E-state index contributed by atoms with van der Waals surface area (Å²) in [5.74, 6) is -0.529. The number of aliphatic hydroxyl groups is 1. The quantitative estimate of drug-likeness (QED) is 0.571. The molecule has 0 atom stereocenters. The highest BCUT2D eigenvalue weighted by atomic mass is 32.2. The van der Waals surface area contributed by atoms with Crippen LogP contribution in [0.3, 0.4) is 0 Å². The van der Waals surface area contributed by atoms with Gasteiger partial charge in [0.15, 0.2) is 0 Å². The molecule has 1 aromatic carbocycles. The lowest BCUT2D eigenvalue weighted by Crippen LogP contribution is -2.16. The molecule has 0 bridgehead atoms. The fourth-order valence-corrected chi connectivity index (χ4v) is 2.63. The number of carbonyl (C=O) groups excluding carboxylic acids is 1. The van der Waals surface area contributed by atoms with Crippen LogP contribution >= 0.6 is 11.8 Å². The predicted molar refractivity (Wildman–Crippen MR) is 87.2 cm³/mol. The lowest BCUT2D eigenvalue weighted by atomic mass is 10.2. The van der Waals surface area contributed by atoms with E-state index in [0.29, 0.717) is 17.7 Å². The Labute approximate surface area is 129 Å². The summed E-state index contributed by atoms with van der Waals surface area (Å²) < 4.78 is 4.92. The van der Waals surface area contributed by atoms with E-state index in [-0.39, 0.29) is 18.9 Å². The van der Waals surface area contributed by atoms with Gasteiger partial charge in [-0.2, -0.15) is 0 Å². The number of aliphatic hydroxyl groups excluding tert-OH is 1. The molecule has 0 radical (unpaired) electrons. The molecule has 0 aliphatic heterocycles. The summed E-state index contributed by atoms with van der Waals surface area (Å²) in [4.78, 5) is 13.2. The van der Waals surface area contributed by atoms with Gasteiger partial charge in [0.2, 0.25) is 0 Å². The van der Waals surface area contributed by atoms with Crippen molar-refractivity contribution in [2.45, 2.75) is 19.8 Å². The standard InChI is InChI=1S/C16H21NO3S/c1-3-20-16(19)15(17)14(10-7-11-18)21-12(2)13-8-5-4-6-9-13/h4-6,8-9,18H,2-3,7,10-11,17H2,1H3/b15-14-. The van der Waals surface area contributed by atoms with Gasteiger partial charge in [0, 0.05) is 16.4 Å². The second-order valence-electron chi connectivity index (χ2n) is 4.28. The van der Waals surface area contributed by atoms with E-state index in [0.717, 1.165) is 10.5 Å². The highest BCUT2D eigenvalue weighted by molar-refractivity contribution is 8.11. The van der Waals surface area contributed by atoms with Crippen LogP contribution in [0, 0.1) is 0 Å². The van der Waals surface area contributed by atoms with Crippen molar-refractivity contribution in [3.8, 4) is 0 Å². The van der Waals surface area contributed by atoms with Crippen LogP contribution in [0.25, 0.3) is 4.91 Å². The smallest absolute Gasteiger partial charge is 0.355 e. The molecule has 3 N–H and O–H groups in total. The molecule has 21 heavy (non-hydrogen) atoms. The van der Waals surface area contributed by atoms with E-state index in [2.05, 4.69) is 6.58 Å². The largest absolute Gasteiger partial charge is 0.461 e. The summed E-state index contributed by atoms with van der Waals surface area (Å²) in [6.07, 6.45) is 1.04. The van der Waals surface area contributed by atoms with Crippen molar-refractivity contribution in [3.63, 3.8) is 0 Å². The van der Waals surface area contributed by atoms with Crippen LogP contribution in [0.5, 0.6) is 0 Å². The maximum Gasteiger partial charge on any atom is 0.355 e. The Kier molecular flexibility index (Phi) is 7.64. The summed E-state index contributed by atoms with van der Waals surface area (Å²) in [6, 6.07) is 9.66. The SMILES string of the molecule is C=C(S/C(CCCO)=C(\N)C(=O)OCC)c1ccccc1. The number of rotatable bonds is 8. The Hall–Kier alpha value is -1.72. The molecule has 0 saturated carbocycles. The molecule has 0 aromatic heterocycles. The summed E-state index contributed by atoms with van der Waals surface area (Å²) in [5.41, 5.74) is 6.94. The topological polar surface area (TPSA) is 72.5 Å². The molecule has 5 heteroatoms. The zero-order valence-electron chi connectivity index (χ0n) is 12.2. The first kappa shape index (κ1) is 17.3. The van der Waals surface area contributed by atoms with Crippen molar-refractivity contribution in [2.75, 3.05) is 13.2 Å². The molecule has 4 nitrogen and oxygen atoms in total. The van der Waals surface area contributed by atoms with E-state index in [1.165, 1.54) is 11.8 Å². The second-order valence-corrected chi connectivity index (χ2v) is 5.47. The maximum absolute atomic E-state index is 11.8. The second kappa shape index (κ2) is 9.26. The van der Waals surface area contributed by atoms with E-state index >= 15 is 0 Å². The Morgan fingerprint density at radius 3 is 2.62 bits per heavy atom. The van der Waals surface area contributed by atoms with E-state index < -0.39 is 5.97 Å². The molecule has 0 fully saturated rings. The summed E-state index contributed by atoms with van der Waals surface area (Å²) >= 11 is 1.35. The van der Waals surface area contributed by atoms with Crippen molar-refractivity contribution in [3.05, 3.63) is 53.1 Å². The average molecular weight is 307 g/mol. The van der Waals surface area contributed by atoms with Crippen LogP contribution < -0.4 is 5.73 Å². The third-order valence-corrected chi connectivity index (χ3v) is 3.85. The minimum atomic E-state index is -0.529. The molecular weight excluding hydrogens is 286 g/mol. The van der Waals surface area contributed by atoms with E-state index in [1.807, 2.05) is 30.3 Å². The highest BCUT2D eigenvalue weighted by Gasteiger charge is 2.15. The van der Waals surface area contributed by atoms with Crippen LogP contribution in [0.2, 0.25) is 0 Å². The molecule has 0 unspecified atom stereocenters. The number of carbonyl (C=O) groups is 1. The Bertz CT molecular complexity index is 512. The Morgan fingerprint density at radius 2 is 2.05 bits per heavy atom. The number of allylic oxidation sites excluding steroid dienone is 1. The third kappa shape index (κ3) is 5.65. The minimum absolute atomic E-state index is 0.0397. The lowest BCUT2D eigenvalue weighted by Gasteiger charge is -2.12. The molecule has 0 saturated heterocycles. The van der Waals surface area contributed by atoms with Crippen LogP contribution in [-0.4, -0.2) is 24.3 Å². The fourth-order valence-electron chi connectivity index (χ4n) is 1.63. The molecule has 1 rings (SSSR count). The zero-order valence-corrected chi connectivity index (χ0v) is 13.0. The monoisotopic (exact) mass is 307 g/mol. The number of thioether (sulfide) groups is 1. The number of benzene rings is 1. The van der Waals surface area contributed by atoms with Gasteiger partial charge in [-0.1, -0.05) is 48.7 Å². The highest BCUT2D eigenvalue weighted by Crippen LogP contribution is 2.35. The number of ether oxygens (including phenoxy) is 1. The first-order chi connectivity index (χ1) is 10.1. The third-order valence-electron chi connectivity index (χ3n) is 2.70. The molecule has 0 aliphatic rings. The van der Waals surface area contributed by atoms with Crippen molar-refractivity contribution in [1.82, 2.24) is 0 Å². The zero-order chi connectivity index (χ0) is 15.7. The minimum Gasteiger partial charge on any atom is -0.461 e. The van der Waals surface area contributed by atoms with Crippen molar-refractivity contribution in [2.24, 2.45) is 5.73 Å². The number of esters is 1. The van der Waals surface area contributed by atoms with Gasteiger partial charge in [-0.3, -0.25) is 0 Å². The first-order valence-corrected chi connectivity index (χ1v) is 7.60. The Morgan fingerprint density at radius 1 is 1.38 bits per heavy atom. The predicted octanol–water partition coefficient (Wildman–Crippen LogP) is 2.90. The van der Waals surface area contributed by atoms with Gasteiger partial charge in [0.05, 0.1) is 6.61 Å². The van der Waals surface area contributed by atoms with E-state index in [4.69, 9.17) is 15.6 Å². The van der Waals surface area contributed by atoms with Crippen LogP contribution in [0.1, 0.15) is 25.3 Å².